The molecular formula is C16H15ClN2. The maximum absolute atomic E-state index is 6.29. The van der Waals surface area contributed by atoms with E-state index in [9.17, 15) is 0 Å². The van der Waals surface area contributed by atoms with Gasteiger partial charge in [0.15, 0.2) is 0 Å². The van der Waals surface area contributed by atoms with E-state index in [0.717, 1.165) is 33.7 Å². The molecule has 0 radical (unpaired) electrons. The van der Waals surface area contributed by atoms with E-state index in [1.807, 2.05) is 31.2 Å². The molecule has 0 saturated heterocycles. The van der Waals surface area contributed by atoms with Crippen LogP contribution < -0.4 is 5.73 Å². The first kappa shape index (κ1) is 12.1. The Kier molecular flexibility index (Phi) is 2.96. The second-order valence-electron chi connectivity index (χ2n) is 4.82. The van der Waals surface area contributed by atoms with Crippen molar-refractivity contribution < 1.29 is 0 Å². The van der Waals surface area contributed by atoms with Crippen molar-refractivity contribution in [2.24, 2.45) is 0 Å². The average Bonchev–Trinajstić information content (AvgIpc) is 2.78. The highest BCUT2D eigenvalue weighted by molar-refractivity contribution is 6.31. The lowest BCUT2D eigenvalue weighted by Gasteiger charge is -2.08. The number of nitrogen functional groups attached to an aromatic ring is 1. The summed E-state index contributed by atoms with van der Waals surface area (Å²) in [6.45, 7) is 2.80. The van der Waals surface area contributed by atoms with Crippen LogP contribution in [0.15, 0.2) is 48.7 Å². The Hall–Kier alpha value is -1.93. The van der Waals surface area contributed by atoms with E-state index in [0.29, 0.717) is 0 Å². The molecular weight excluding hydrogens is 256 g/mol. The van der Waals surface area contributed by atoms with Gasteiger partial charge in [-0.3, -0.25) is 0 Å². The van der Waals surface area contributed by atoms with Gasteiger partial charge in [-0.15, -0.1) is 0 Å². The van der Waals surface area contributed by atoms with Crippen molar-refractivity contribution in [1.29, 1.82) is 0 Å². The molecule has 0 aliphatic carbocycles. The van der Waals surface area contributed by atoms with E-state index in [-0.39, 0.29) is 0 Å². The van der Waals surface area contributed by atoms with Crippen molar-refractivity contribution in [3.05, 3.63) is 64.8 Å². The number of aromatic nitrogens is 1. The van der Waals surface area contributed by atoms with E-state index in [2.05, 4.69) is 29.0 Å². The van der Waals surface area contributed by atoms with Crippen molar-refractivity contribution in [2.75, 3.05) is 5.73 Å². The molecule has 3 aromatic rings. The maximum atomic E-state index is 6.29. The van der Waals surface area contributed by atoms with Gasteiger partial charge in [0.2, 0.25) is 0 Å². The van der Waals surface area contributed by atoms with Crippen molar-refractivity contribution in [3.8, 4) is 0 Å². The molecule has 3 heteroatoms. The van der Waals surface area contributed by atoms with Crippen LogP contribution in [-0.4, -0.2) is 4.57 Å². The summed E-state index contributed by atoms with van der Waals surface area (Å²) >= 11 is 6.29. The predicted molar refractivity (Wildman–Crippen MR) is 81.6 cm³/mol. The summed E-state index contributed by atoms with van der Waals surface area (Å²) in [6.07, 6.45) is 2.05. The highest BCUT2D eigenvalue weighted by Gasteiger charge is 2.06. The second-order valence-corrected chi connectivity index (χ2v) is 5.23. The SMILES string of the molecule is Cc1ccc(Cn2ccc3c(N)cccc32)c(Cl)c1. The summed E-state index contributed by atoms with van der Waals surface area (Å²) in [7, 11) is 0. The Morgan fingerprint density at radius 3 is 2.79 bits per heavy atom. The van der Waals surface area contributed by atoms with Gasteiger partial charge in [0.25, 0.3) is 0 Å². The van der Waals surface area contributed by atoms with Crippen LogP contribution in [0.1, 0.15) is 11.1 Å². The standard InChI is InChI=1S/C16H15ClN2/c1-11-5-6-12(14(17)9-11)10-19-8-7-13-15(18)3-2-4-16(13)19/h2-9H,10,18H2,1H3. The van der Waals surface area contributed by atoms with Crippen molar-refractivity contribution >= 4 is 28.2 Å². The lowest BCUT2D eigenvalue weighted by Crippen LogP contribution is -1.99. The Labute approximate surface area is 117 Å². The summed E-state index contributed by atoms with van der Waals surface area (Å²) in [5, 5.41) is 1.90. The Balaban J connectivity index is 2.04. The molecule has 0 saturated carbocycles. The third-order valence-electron chi connectivity index (χ3n) is 3.40. The van der Waals surface area contributed by atoms with Gasteiger partial charge in [0, 0.05) is 28.8 Å². The molecule has 96 valence electrons. The number of hydrogen-bond acceptors (Lipinski definition) is 1. The van der Waals surface area contributed by atoms with Crippen molar-refractivity contribution in [3.63, 3.8) is 0 Å². The lowest BCUT2D eigenvalue weighted by atomic mass is 10.1. The molecule has 2 N–H and O–H groups in total. The van der Waals surface area contributed by atoms with Gasteiger partial charge in [-0.25, -0.2) is 0 Å². The molecule has 3 rings (SSSR count). The number of nitrogens with zero attached hydrogens (tertiary/aromatic N) is 1. The first-order valence-electron chi connectivity index (χ1n) is 6.23. The van der Waals surface area contributed by atoms with Crippen LogP contribution in [0.2, 0.25) is 5.02 Å². The molecule has 0 unspecified atom stereocenters. The molecule has 0 aliphatic rings. The van der Waals surface area contributed by atoms with Gasteiger partial charge in [0.1, 0.15) is 0 Å². The fourth-order valence-corrected chi connectivity index (χ4v) is 2.64. The maximum Gasteiger partial charge on any atom is 0.0504 e. The summed E-state index contributed by atoms with van der Waals surface area (Å²) in [6, 6.07) is 14.2. The highest BCUT2D eigenvalue weighted by atomic mass is 35.5. The van der Waals surface area contributed by atoms with Crippen molar-refractivity contribution in [1.82, 2.24) is 4.57 Å². The van der Waals surface area contributed by atoms with Crippen LogP contribution in [0.5, 0.6) is 0 Å². The summed E-state index contributed by atoms with van der Waals surface area (Å²) in [4.78, 5) is 0. The lowest BCUT2D eigenvalue weighted by molar-refractivity contribution is 0.837. The Morgan fingerprint density at radius 2 is 2.00 bits per heavy atom. The van der Waals surface area contributed by atoms with Crippen LogP contribution in [0.25, 0.3) is 10.9 Å². The molecule has 1 heterocycles. The number of benzene rings is 2. The monoisotopic (exact) mass is 270 g/mol. The van der Waals surface area contributed by atoms with Crippen LogP contribution >= 0.6 is 11.6 Å². The molecule has 2 aromatic carbocycles. The first-order chi connectivity index (χ1) is 9.15. The second kappa shape index (κ2) is 4.63. The van der Waals surface area contributed by atoms with E-state index in [4.69, 9.17) is 17.3 Å². The molecule has 19 heavy (non-hydrogen) atoms. The molecule has 0 bridgehead atoms. The fraction of sp³-hybridized carbons (Fsp3) is 0.125. The average molecular weight is 271 g/mol. The van der Waals surface area contributed by atoms with Gasteiger partial charge in [-0.1, -0.05) is 29.8 Å². The van der Waals surface area contributed by atoms with Gasteiger partial charge >= 0.3 is 0 Å². The van der Waals surface area contributed by atoms with Gasteiger partial charge in [-0.2, -0.15) is 0 Å². The number of nitrogens with two attached hydrogens (primary N) is 1. The van der Waals surface area contributed by atoms with Crippen LogP contribution in [0.3, 0.4) is 0 Å². The Morgan fingerprint density at radius 1 is 1.16 bits per heavy atom. The van der Waals surface area contributed by atoms with Crippen LogP contribution in [0.4, 0.5) is 5.69 Å². The predicted octanol–water partition coefficient (Wildman–Crippen LogP) is 4.23. The number of hydrogen-bond donors (Lipinski definition) is 1. The molecule has 0 aliphatic heterocycles. The third-order valence-corrected chi connectivity index (χ3v) is 3.75. The zero-order valence-corrected chi connectivity index (χ0v) is 11.5. The summed E-state index contributed by atoms with van der Waals surface area (Å²) in [5.41, 5.74) is 10.2. The van der Waals surface area contributed by atoms with E-state index in [1.165, 1.54) is 5.56 Å². The van der Waals surface area contributed by atoms with Gasteiger partial charge < -0.3 is 10.3 Å². The fourth-order valence-electron chi connectivity index (χ4n) is 2.35. The molecule has 0 atom stereocenters. The van der Waals surface area contributed by atoms with Crippen molar-refractivity contribution in [2.45, 2.75) is 13.5 Å². The van der Waals surface area contributed by atoms with Crippen LogP contribution in [-0.2, 0) is 6.54 Å². The third kappa shape index (κ3) is 2.20. The van der Waals surface area contributed by atoms with E-state index < -0.39 is 0 Å². The molecule has 0 spiro atoms. The number of halogens is 1. The van der Waals surface area contributed by atoms with Gasteiger partial charge in [0.05, 0.1) is 5.52 Å². The zero-order chi connectivity index (χ0) is 13.4. The minimum Gasteiger partial charge on any atom is -0.398 e. The number of aryl methyl sites for hydroxylation is 1. The highest BCUT2D eigenvalue weighted by Crippen LogP contribution is 2.25. The Bertz CT molecular complexity index is 744. The molecule has 0 amide bonds. The smallest absolute Gasteiger partial charge is 0.0504 e. The topological polar surface area (TPSA) is 30.9 Å². The number of rotatable bonds is 2. The normalized spacial score (nSPS) is 11.1. The molecule has 0 fully saturated rings. The summed E-state index contributed by atoms with van der Waals surface area (Å²) in [5.74, 6) is 0. The summed E-state index contributed by atoms with van der Waals surface area (Å²) < 4.78 is 2.17. The largest absolute Gasteiger partial charge is 0.398 e. The number of anilines is 1. The molecule has 2 nitrogen and oxygen atoms in total. The molecule has 1 aromatic heterocycles. The van der Waals surface area contributed by atoms with Crippen LogP contribution in [0, 0.1) is 6.92 Å². The minimum absolute atomic E-state index is 0.756. The van der Waals surface area contributed by atoms with E-state index >= 15 is 0 Å². The minimum atomic E-state index is 0.756. The van der Waals surface area contributed by atoms with Gasteiger partial charge in [-0.05, 0) is 42.3 Å². The number of fused-ring (bicyclic) bond motifs is 1. The first-order valence-corrected chi connectivity index (χ1v) is 6.61. The zero-order valence-electron chi connectivity index (χ0n) is 10.7. The van der Waals surface area contributed by atoms with E-state index in [1.54, 1.807) is 0 Å². The quantitative estimate of drug-likeness (QED) is 0.694.